The van der Waals surface area contributed by atoms with Gasteiger partial charge >= 0.3 is 6.03 Å². The van der Waals surface area contributed by atoms with E-state index in [2.05, 4.69) is 26.6 Å². The second-order valence-corrected chi connectivity index (χ2v) is 3.93. The monoisotopic (exact) mass is 276 g/mol. The zero-order valence-electron chi connectivity index (χ0n) is 8.74. The summed E-state index contributed by atoms with van der Waals surface area (Å²) in [5, 5.41) is 5.20. The minimum Gasteiger partial charge on any atom is -0.351 e. The highest BCUT2D eigenvalue weighted by Gasteiger charge is 2.30. The van der Waals surface area contributed by atoms with Crippen molar-refractivity contribution in [2.45, 2.75) is 5.08 Å². The van der Waals surface area contributed by atoms with Gasteiger partial charge in [0.2, 0.25) is 0 Å². The van der Waals surface area contributed by atoms with Crippen molar-refractivity contribution in [3.05, 3.63) is 11.5 Å². The third-order valence-electron chi connectivity index (χ3n) is 2.14. The van der Waals surface area contributed by atoms with Gasteiger partial charge in [-0.3, -0.25) is 9.69 Å². The van der Waals surface area contributed by atoms with Crippen LogP contribution in [-0.4, -0.2) is 48.3 Å². The Morgan fingerprint density at radius 1 is 1.73 bits per heavy atom. The van der Waals surface area contributed by atoms with Crippen LogP contribution in [0.25, 0.3) is 0 Å². The number of allylic oxidation sites excluding steroid dienone is 1. The van der Waals surface area contributed by atoms with Gasteiger partial charge in [-0.2, -0.15) is 0 Å². The Bertz CT molecular complexity index is 318. The first-order valence-corrected chi connectivity index (χ1v) is 5.22. The molecule has 0 aromatic carbocycles. The molecule has 0 fully saturated rings. The van der Waals surface area contributed by atoms with Crippen LogP contribution in [0.3, 0.4) is 0 Å². The zero-order chi connectivity index (χ0) is 11.6. The van der Waals surface area contributed by atoms with Gasteiger partial charge in [-0.05, 0) is 15.9 Å². The fourth-order valence-corrected chi connectivity index (χ4v) is 1.80. The number of hydrogen-bond acceptors (Lipinski definition) is 4. The second-order valence-electron chi connectivity index (χ2n) is 3.06. The van der Waals surface area contributed by atoms with E-state index < -0.39 is 0 Å². The molecule has 1 rings (SSSR count). The molecule has 1 atom stereocenters. The topological polar surface area (TPSA) is 64.7 Å². The largest absolute Gasteiger partial charge is 0.351 e. The van der Waals surface area contributed by atoms with E-state index >= 15 is 0 Å². The number of halogens is 1. The number of aldehydes is 1. The average molecular weight is 277 g/mol. The van der Waals surface area contributed by atoms with Crippen molar-refractivity contribution in [2.75, 3.05) is 21.1 Å². The molecule has 0 aromatic heterocycles. The number of amides is 2. The van der Waals surface area contributed by atoms with E-state index in [9.17, 15) is 9.59 Å². The Morgan fingerprint density at radius 3 is 2.80 bits per heavy atom. The summed E-state index contributed by atoms with van der Waals surface area (Å²) >= 11 is 3.32. The summed E-state index contributed by atoms with van der Waals surface area (Å²) in [6, 6.07) is -0.278. The quantitative estimate of drug-likeness (QED) is 0.418. The molecule has 0 radical (unpaired) electrons. The molecule has 0 saturated heterocycles. The molecule has 0 bridgehead atoms. The standard InChI is InChI=1S/C8H13BrN4O2/c1-10-8(15)13(3)6-5(4-14)11-7(9)12(6)2/h4,7,11H,1-3H3,(H,10,15). The highest BCUT2D eigenvalue weighted by molar-refractivity contribution is 9.09. The molecule has 6 nitrogen and oxygen atoms in total. The highest BCUT2D eigenvalue weighted by Crippen LogP contribution is 2.22. The third kappa shape index (κ3) is 2.06. The number of nitrogens with zero attached hydrogens (tertiary/aromatic N) is 2. The van der Waals surface area contributed by atoms with Gasteiger partial charge in [-0.15, -0.1) is 0 Å². The van der Waals surface area contributed by atoms with E-state index in [-0.39, 0.29) is 11.1 Å². The number of carbonyl (C=O) groups excluding carboxylic acids is 2. The van der Waals surface area contributed by atoms with Crippen molar-refractivity contribution in [3.63, 3.8) is 0 Å². The van der Waals surface area contributed by atoms with Gasteiger partial charge in [-0.25, -0.2) is 4.79 Å². The lowest BCUT2D eigenvalue weighted by Gasteiger charge is -2.26. The van der Waals surface area contributed by atoms with E-state index in [1.54, 1.807) is 19.0 Å². The molecule has 15 heavy (non-hydrogen) atoms. The molecule has 1 unspecified atom stereocenters. The van der Waals surface area contributed by atoms with Crippen LogP contribution in [0.1, 0.15) is 0 Å². The molecule has 0 spiro atoms. The Balaban J connectivity index is 2.99. The molecule has 84 valence electrons. The summed E-state index contributed by atoms with van der Waals surface area (Å²) in [6.45, 7) is 0. The molecule has 0 aliphatic carbocycles. The van der Waals surface area contributed by atoms with Crippen LogP contribution in [0.2, 0.25) is 0 Å². The first kappa shape index (κ1) is 11.8. The molecule has 1 heterocycles. The minimum atomic E-state index is -0.278. The van der Waals surface area contributed by atoms with Crippen molar-refractivity contribution >= 4 is 28.2 Å². The van der Waals surface area contributed by atoms with Crippen LogP contribution < -0.4 is 10.6 Å². The molecule has 2 amide bonds. The number of hydrogen-bond donors (Lipinski definition) is 2. The maximum atomic E-state index is 11.4. The van der Waals surface area contributed by atoms with Crippen LogP contribution in [0.5, 0.6) is 0 Å². The predicted molar refractivity (Wildman–Crippen MR) is 58.9 cm³/mol. The van der Waals surface area contributed by atoms with Crippen molar-refractivity contribution < 1.29 is 9.59 Å². The Kier molecular flexibility index (Phi) is 3.57. The summed E-state index contributed by atoms with van der Waals surface area (Å²) in [7, 11) is 4.91. The van der Waals surface area contributed by atoms with Crippen LogP contribution in [0, 0.1) is 0 Å². The van der Waals surface area contributed by atoms with Crippen LogP contribution in [0.15, 0.2) is 11.5 Å². The van der Waals surface area contributed by atoms with Crippen molar-refractivity contribution in [1.82, 2.24) is 20.4 Å². The van der Waals surface area contributed by atoms with Crippen molar-refractivity contribution in [3.8, 4) is 0 Å². The molecule has 0 saturated carbocycles. The lowest BCUT2D eigenvalue weighted by atomic mass is 10.4. The number of carbonyl (C=O) groups is 2. The normalized spacial score (nSPS) is 20.0. The summed E-state index contributed by atoms with van der Waals surface area (Å²) in [4.78, 5) is 25.3. The zero-order valence-corrected chi connectivity index (χ0v) is 10.3. The summed E-state index contributed by atoms with van der Waals surface area (Å²) in [5.41, 5.74) is 0.380. The van der Waals surface area contributed by atoms with E-state index in [4.69, 9.17) is 0 Å². The van der Waals surface area contributed by atoms with Crippen molar-refractivity contribution in [2.24, 2.45) is 0 Å². The van der Waals surface area contributed by atoms with E-state index in [0.29, 0.717) is 17.8 Å². The van der Waals surface area contributed by atoms with Gasteiger partial charge in [0.15, 0.2) is 11.4 Å². The first-order chi connectivity index (χ1) is 7.02. The van der Waals surface area contributed by atoms with Crippen LogP contribution >= 0.6 is 15.9 Å². The number of nitrogens with one attached hydrogen (secondary N) is 2. The third-order valence-corrected chi connectivity index (χ3v) is 2.99. The SMILES string of the molecule is CNC(=O)N(C)C1=C(C=O)NC(Br)N1C. The van der Waals surface area contributed by atoms with Crippen molar-refractivity contribution in [1.29, 1.82) is 0 Å². The fraction of sp³-hybridized carbons (Fsp3) is 0.500. The molecule has 1 aliphatic rings. The minimum absolute atomic E-state index is 0.181. The Hall–Kier alpha value is -1.24. The summed E-state index contributed by atoms with van der Waals surface area (Å²) < 4.78 is 0. The van der Waals surface area contributed by atoms with Gasteiger partial charge in [-0.1, -0.05) is 0 Å². The molecule has 2 N–H and O–H groups in total. The molecule has 7 heteroatoms. The average Bonchev–Trinajstić information content (AvgIpc) is 2.53. The van der Waals surface area contributed by atoms with Crippen LogP contribution in [0.4, 0.5) is 4.79 Å². The van der Waals surface area contributed by atoms with Gasteiger partial charge in [0, 0.05) is 21.1 Å². The van der Waals surface area contributed by atoms with Gasteiger partial charge in [0.1, 0.15) is 11.5 Å². The summed E-state index contributed by atoms with van der Waals surface area (Å²) in [5.74, 6) is 0.534. The van der Waals surface area contributed by atoms with E-state index in [0.717, 1.165) is 0 Å². The lowest BCUT2D eigenvalue weighted by molar-refractivity contribution is -0.105. The van der Waals surface area contributed by atoms with E-state index in [1.165, 1.54) is 11.9 Å². The molecule has 1 aliphatic heterocycles. The maximum Gasteiger partial charge on any atom is 0.322 e. The van der Waals surface area contributed by atoms with Gasteiger partial charge < -0.3 is 15.5 Å². The number of alkyl halides is 1. The Labute approximate surface area is 96.4 Å². The predicted octanol–water partition coefficient (Wildman–Crippen LogP) is -0.161. The van der Waals surface area contributed by atoms with Gasteiger partial charge in [0.25, 0.3) is 0 Å². The van der Waals surface area contributed by atoms with E-state index in [1.807, 2.05) is 0 Å². The number of urea groups is 1. The summed E-state index contributed by atoms with van der Waals surface area (Å²) in [6.07, 6.45) is 0.687. The van der Waals surface area contributed by atoms with Crippen LogP contribution in [-0.2, 0) is 4.79 Å². The smallest absolute Gasteiger partial charge is 0.322 e. The van der Waals surface area contributed by atoms with Gasteiger partial charge in [0.05, 0.1) is 0 Å². The molecular formula is C8H13BrN4O2. The lowest BCUT2D eigenvalue weighted by Crippen LogP contribution is -2.40. The maximum absolute atomic E-state index is 11.4. The number of rotatable bonds is 2. The molecule has 0 aromatic rings. The highest BCUT2D eigenvalue weighted by atomic mass is 79.9. The second kappa shape index (κ2) is 4.52. The Morgan fingerprint density at radius 2 is 2.33 bits per heavy atom. The molecular weight excluding hydrogens is 264 g/mol. The fourth-order valence-electron chi connectivity index (χ4n) is 1.35. The first-order valence-electron chi connectivity index (χ1n) is 4.31.